The molecular weight excluding hydrogens is 242 g/mol. The summed E-state index contributed by atoms with van der Waals surface area (Å²) >= 11 is 0. The van der Waals surface area contributed by atoms with Crippen LogP contribution in [-0.2, 0) is 4.79 Å². The summed E-state index contributed by atoms with van der Waals surface area (Å²) in [4.78, 5) is 11.6. The first-order valence-corrected chi connectivity index (χ1v) is 7.15. The highest BCUT2D eigenvalue weighted by Crippen LogP contribution is 2.35. The molecule has 0 amide bonds. The predicted molar refractivity (Wildman–Crippen MR) is 72.1 cm³/mol. The Balaban J connectivity index is 2.34. The number of hydrogen-bond acceptors (Lipinski definition) is 3. The summed E-state index contributed by atoms with van der Waals surface area (Å²) in [5.41, 5.74) is 0. The third-order valence-corrected chi connectivity index (χ3v) is 3.90. The topological polar surface area (TPSA) is 68.0 Å². The van der Waals surface area contributed by atoms with Gasteiger partial charge in [0, 0.05) is 5.92 Å². The molecule has 1 N–H and O–H groups in total. The lowest BCUT2D eigenvalue weighted by Gasteiger charge is -2.21. The average Bonchev–Trinajstić information content (AvgIpc) is 2.94. The van der Waals surface area contributed by atoms with Crippen molar-refractivity contribution in [3.05, 3.63) is 11.6 Å². The molecule has 1 heterocycles. The van der Waals surface area contributed by atoms with Crippen molar-refractivity contribution in [2.75, 3.05) is 0 Å². The molecule has 1 aromatic rings. The standard InChI is InChI=1S/C14H23N3O2/c1-9(2)8-12(14(18)19)17-10(3)15-16-13(17)11-6-4-5-7-11/h9,11-12H,4-8H2,1-3H3,(H,18,19). The number of aromatic nitrogens is 3. The van der Waals surface area contributed by atoms with E-state index in [-0.39, 0.29) is 0 Å². The van der Waals surface area contributed by atoms with Crippen molar-refractivity contribution < 1.29 is 9.90 Å². The van der Waals surface area contributed by atoms with Crippen molar-refractivity contribution in [1.82, 2.24) is 14.8 Å². The largest absolute Gasteiger partial charge is 0.480 e. The van der Waals surface area contributed by atoms with E-state index in [4.69, 9.17) is 0 Å². The molecule has 106 valence electrons. The molecule has 0 aliphatic heterocycles. The van der Waals surface area contributed by atoms with Crippen molar-refractivity contribution >= 4 is 5.97 Å². The lowest BCUT2D eigenvalue weighted by atomic mass is 10.0. The zero-order chi connectivity index (χ0) is 14.0. The fourth-order valence-corrected chi connectivity index (χ4v) is 3.00. The molecule has 19 heavy (non-hydrogen) atoms. The highest BCUT2D eigenvalue weighted by Gasteiger charge is 2.30. The minimum Gasteiger partial charge on any atom is -0.480 e. The number of nitrogens with zero attached hydrogens (tertiary/aromatic N) is 3. The number of aliphatic carboxylic acids is 1. The second-order valence-electron chi connectivity index (χ2n) is 5.94. The fraction of sp³-hybridized carbons (Fsp3) is 0.786. The van der Waals surface area contributed by atoms with Crippen LogP contribution in [0.5, 0.6) is 0 Å². The van der Waals surface area contributed by atoms with Gasteiger partial charge in [0.1, 0.15) is 17.7 Å². The highest BCUT2D eigenvalue weighted by molar-refractivity contribution is 5.72. The molecule has 1 unspecified atom stereocenters. The minimum absolute atomic E-state index is 0.333. The Bertz CT molecular complexity index is 448. The SMILES string of the molecule is Cc1nnc(C2CCCC2)n1C(CC(C)C)C(=O)O. The summed E-state index contributed by atoms with van der Waals surface area (Å²) in [5, 5.41) is 17.9. The molecule has 0 saturated heterocycles. The van der Waals surface area contributed by atoms with Gasteiger partial charge in [-0.05, 0) is 32.1 Å². The van der Waals surface area contributed by atoms with Gasteiger partial charge >= 0.3 is 5.97 Å². The van der Waals surface area contributed by atoms with E-state index in [2.05, 4.69) is 10.2 Å². The molecular formula is C14H23N3O2. The zero-order valence-corrected chi connectivity index (χ0v) is 12.0. The van der Waals surface area contributed by atoms with Gasteiger partial charge in [0.05, 0.1) is 0 Å². The van der Waals surface area contributed by atoms with Crippen molar-refractivity contribution in [3.63, 3.8) is 0 Å². The van der Waals surface area contributed by atoms with Crippen LogP contribution in [0.25, 0.3) is 0 Å². The summed E-state index contributed by atoms with van der Waals surface area (Å²) in [6.07, 6.45) is 5.24. The van der Waals surface area contributed by atoms with E-state index in [1.54, 1.807) is 0 Å². The van der Waals surface area contributed by atoms with E-state index in [9.17, 15) is 9.90 Å². The molecule has 1 aliphatic carbocycles. The minimum atomic E-state index is -0.782. The van der Waals surface area contributed by atoms with Crippen LogP contribution < -0.4 is 0 Å². The van der Waals surface area contributed by atoms with E-state index in [1.807, 2.05) is 25.3 Å². The monoisotopic (exact) mass is 265 g/mol. The number of aryl methyl sites for hydroxylation is 1. The van der Waals surface area contributed by atoms with Crippen LogP contribution in [0.4, 0.5) is 0 Å². The first-order chi connectivity index (χ1) is 9.00. The van der Waals surface area contributed by atoms with Crippen LogP contribution in [0.3, 0.4) is 0 Å². The smallest absolute Gasteiger partial charge is 0.326 e. The Morgan fingerprint density at radius 3 is 2.53 bits per heavy atom. The Morgan fingerprint density at radius 1 is 1.37 bits per heavy atom. The lowest BCUT2D eigenvalue weighted by Crippen LogP contribution is -2.24. The number of carbonyl (C=O) groups is 1. The average molecular weight is 265 g/mol. The molecule has 0 radical (unpaired) electrons. The van der Waals surface area contributed by atoms with Crippen molar-refractivity contribution in [3.8, 4) is 0 Å². The Kier molecular flexibility index (Phi) is 4.22. The third kappa shape index (κ3) is 2.96. The summed E-state index contributed by atoms with van der Waals surface area (Å²) in [6.45, 7) is 5.94. The molecule has 0 bridgehead atoms. The Labute approximate surface area is 114 Å². The van der Waals surface area contributed by atoms with Crippen LogP contribution >= 0.6 is 0 Å². The zero-order valence-electron chi connectivity index (χ0n) is 12.0. The van der Waals surface area contributed by atoms with E-state index in [1.165, 1.54) is 12.8 Å². The second kappa shape index (κ2) is 5.72. The van der Waals surface area contributed by atoms with Crippen molar-refractivity contribution in [2.45, 2.75) is 64.8 Å². The molecule has 5 nitrogen and oxygen atoms in total. The van der Waals surface area contributed by atoms with Gasteiger partial charge in [-0.1, -0.05) is 26.7 Å². The van der Waals surface area contributed by atoms with Gasteiger partial charge < -0.3 is 9.67 Å². The maximum Gasteiger partial charge on any atom is 0.326 e. The maximum absolute atomic E-state index is 11.6. The third-order valence-electron chi connectivity index (χ3n) is 3.90. The molecule has 1 saturated carbocycles. The molecule has 1 atom stereocenters. The van der Waals surface area contributed by atoms with Gasteiger partial charge in [-0.25, -0.2) is 4.79 Å². The second-order valence-corrected chi connectivity index (χ2v) is 5.94. The first-order valence-electron chi connectivity index (χ1n) is 7.15. The van der Waals surface area contributed by atoms with Crippen LogP contribution in [0.15, 0.2) is 0 Å². The lowest BCUT2D eigenvalue weighted by molar-refractivity contribution is -0.141. The first kappa shape index (κ1) is 14.0. The van der Waals surface area contributed by atoms with E-state index >= 15 is 0 Å². The van der Waals surface area contributed by atoms with Crippen molar-refractivity contribution in [2.24, 2.45) is 5.92 Å². The number of carboxylic acids is 1. The molecule has 2 rings (SSSR count). The van der Waals surface area contributed by atoms with Gasteiger partial charge in [-0.2, -0.15) is 0 Å². The number of rotatable bonds is 5. The molecule has 0 aromatic carbocycles. The molecule has 1 aliphatic rings. The molecule has 5 heteroatoms. The molecule has 1 fully saturated rings. The van der Waals surface area contributed by atoms with Crippen LogP contribution in [0, 0.1) is 12.8 Å². The van der Waals surface area contributed by atoms with Gasteiger partial charge in [0.2, 0.25) is 0 Å². The van der Waals surface area contributed by atoms with Crippen LogP contribution in [0.2, 0.25) is 0 Å². The summed E-state index contributed by atoms with van der Waals surface area (Å²) < 4.78 is 1.86. The fourth-order valence-electron chi connectivity index (χ4n) is 3.00. The van der Waals surface area contributed by atoms with E-state index in [0.717, 1.165) is 24.5 Å². The van der Waals surface area contributed by atoms with Gasteiger partial charge in [0.15, 0.2) is 0 Å². The number of hydrogen-bond donors (Lipinski definition) is 1. The number of carboxylic acid groups (broad SMARTS) is 1. The quantitative estimate of drug-likeness (QED) is 0.888. The summed E-state index contributed by atoms with van der Waals surface area (Å²) in [6, 6.07) is -0.536. The molecule has 0 spiro atoms. The van der Waals surface area contributed by atoms with Gasteiger partial charge in [0.25, 0.3) is 0 Å². The predicted octanol–water partition coefficient (Wildman–Crippen LogP) is 2.92. The van der Waals surface area contributed by atoms with Crippen LogP contribution in [-0.4, -0.2) is 25.8 Å². The van der Waals surface area contributed by atoms with E-state index < -0.39 is 12.0 Å². The van der Waals surface area contributed by atoms with Gasteiger partial charge in [-0.3, -0.25) is 0 Å². The van der Waals surface area contributed by atoms with Gasteiger partial charge in [-0.15, -0.1) is 10.2 Å². The maximum atomic E-state index is 11.6. The van der Waals surface area contributed by atoms with Crippen molar-refractivity contribution in [1.29, 1.82) is 0 Å². The summed E-state index contributed by atoms with van der Waals surface area (Å²) in [5.74, 6) is 1.53. The summed E-state index contributed by atoms with van der Waals surface area (Å²) in [7, 11) is 0. The van der Waals surface area contributed by atoms with E-state index in [0.29, 0.717) is 18.3 Å². The Morgan fingerprint density at radius 2 is 2.00 bits per heavy atom. The van der Waals surface area contributed by atoms with Crippen LogP contribution in [0.1, 0.15) is 69.6 Å². The normalized spacial score (nSPS) is 18.1. The Hall–Kier alpha value is -1.39. The molecule has 1 aromatic heterocycles. The highest BCUT2D eigenvalue weighted by atomic mass is 16.4.